The normalized spacial score (nSPS) is 20.9. The maximum Gasteiger partial charge on any atom is 0.204 e. The highest BCUT2D eigenvalue weighted by molar-refractivity contribution is 5.88. The molecular formula is C20H18O7. The monoisotopic (exact) mass is 370 g/mol. The van der Waals surface area contributed by atoms with Gasteiger partial charge in [0.05, 0.1) is 5.56 Å². The Morgan fingerprint density at radius 3 is 2.56 bits per heavy atom. The van der Waals surface area contributed by atoms with E-state index in [0.29, 0.717) is 16.9 Å². The molecule has 2 heterocycles. The van der Waals surface area contributed by atoms with E-state index in [1.54, 1.807) is 32.0 Å². The molecule has 0 radical (unpaired) electrons. The predicted octanol–water partition coefficient (Wildman–Crippen LogP) is 2.44. The van der Waals surface area contributed by atoms with E-state index in [0.717, 1.165) is 6.07 Å². The summed E-state index contributed by atoms with van der Waals surface area (Å²) in [5.41, 5.74) is -0.428. The first-order chi connectivity index (χ1) is 12.7. The van der Waals surface area contributed by atoms with Gasteiger partial charge in [0.25, 0.3) is 0 Å². The van der Waals surface area contributed by atoms with Gasteiger partial charge in [-0.05, 0) is 31.5 Å². The van der Waals surface area contributed by atoms with Crippen LogP contribution in [0.15, 0.2) is 45.8 Å². The van der Waals surface area contributed by atoms with Crippen molar-refractivity contribution in [1.29, 1.82) is 0 Å². The summed E-state index contributed by atoms with van der Waals surface area (Å²) in [4.78, 5) is 12.8. The first kappa shape index (κ1) is 17.4. The third-order valence-corrected chi connectivity index (χ3v) is 4.87. The number of benzene rings is 2. The van der Waals surface area contributed by atoms with Crippen LogP contribution in [0.1, 0.15) is 25.5 Å². The van der Waals surface area contributed by atoms with Crippen LogP contribution in [-0.2, 0) is 0 Å². The average molecular weight is 370 g/mol. The van der Waals surface area contributed by atoms with Gasteiger partial charge in [-0.15, -0.1) is 0 Å². The topological polar surface area (TPSA) is 120 Å². The Bertz CT molecular complexity index is 1110. The molecule has 0 amide bonds. The van der Waals surface area contributed by atoms with Gasteiger partial charge < -0.3 is 29.6 Å². The fraction of sp³-hybridized carbons (Fsp3) is 0.250. The molecule has 1 aliphatic rings. The van der Waals surface area contributed by atoms with Crippen LogP contribution in [0.4, 0.5) is 0 Å². The van der Waals surface area contributed by atoms with Crippen LogP contribution in [0, 0.1) is 0 Å². The highest BCUT2D eigenvalue weighted by Crippen LogP contribution is 2.41. The van der Waals surface area contributed by atoms with Crippen LogP contribution >= 0.6 is 0 Å². The number of fused-ring (bicyclic) bond motifs is 2. The lowest BCUT2D eigenvalue weighted by Crippen LogP contribution is -2.48. The summed E-state index contributed by atoms with van der Waals surface area (Å²) >= 11 is 0. The molecule has 0 unspecified atom stereocenters. The largest absolute Gasteiger partial charge is 0.508 e. The second-order valence-electron chi connectivity index (χ2n) is 7.16. The van der Waals surface area contributed by atoms with Crippen LogP contribution < -0.4 is 10.2 Å². The molecule has 0 aliphatic carbocycles. The third kappa shape index (κ3) is 2.63. The van der Waals surface area contributed by atoms with Crippen molar-refractivity contribution in [2.45, 2.75) is 31.7 Å². The van der Waals surface area contributed by atoms with Crippen molar-refractivity contribution >= 4 is 11.0 Å². The summed E-state index contributed by atoms with van der Waals surface area (Å²) in [7, 11) is 0. The summed E-state index contributed by atoms with van der Waals surface area (Å²) in [5, 5.41) is 40.2. The van der Waals surface area contributed by atoms with Crippen molar-refractivity contribution in [2.75, 3.05) is 0 Å². The molecule has 1 aliphatic heterocycles. The molecule has 0 saturated heterocycles. The number of ether oxygens (including phenoxy) is 1. The van der Waals surface area contributed by atoms with Gasteiger partial charge in [0.2, 0.25) is 5.43 Å². The molecule has 3 aromatic rings. The number of aliphatic hydroxyl groups is 2. The van der Waals surface area contributed by atoms with E-state index in [1.807, 2.05) is 0 Å². The van der Waals surface area contributed by atoms with E-state index in [1.165, 1.54) is 12.3 Å². The smallest absolute Gasteiger partial charge is 0.204 e. The SMILES string of the molecule is CC1(C)Oc2ccc(-c3coc4cc(O)cc(O)c4c3=O)cc2[C@@H](O)[C@@H]1O. The second-order valence-corrected chi connectivity index (χ2v) is 7.16. The van der Waals surface area contributed by atoms with Gasteiger partial charge in [0, 0.05) is 17.7 Å². The van der Waals surface area contributed by atoms with Crippen molar-refractivity contribution in [3.05, 3.63) is 52.4 Å². The predicted molar refractivity (Wildman–Crippen MR) is 96.9 cm³/mol. The van der Waals surface area contributed by atoms with Crippen molar-refractivity contribution in [2.24, 2.45) is 0 Å². The molecular weight excluding hydrogens is 352 g/mol. The fourth-order valence-electron chi connectivity index (χ4n) is 3.35. The minimum absolute atomic E-state index is 0.0546. The van der Waals surface area contributed by atoms with Gasteiger partial charge in [-0.3, -0.25) is 4.79 Å². The van der Waals surface area contributed by atoms with Gasteiger partial charge in [-0.1, -0.05) is 6.07 Å². The first-order valence-electron chi connectivity index (χ1n) is 8.36. The lowest BCUT2D eigenvalue weighted by Gasteiger charge is -2.40. The van der Waals surface area contributed by atoms with Crippen LogP contribution in [0.25, 0.3) is 22.1 Å². The second kappa shape index (κ2) is 5.73. The number of phenols is 2. The number of hydrogen-bond donors (Lipinski definition) is 4. The van der Waals surface area contributed by atoms with Crippen LogP contribution in [-0.4, -0.2) is 32.1 Å². The highest BCUT2D eigenvalue weighted by atomic mass is 16.5. The lowest BCUT2D eigenvalue weighted by atomic mass is 9.87. The van der Waals surface area contributed by atoms with Crippen LogP contribution in [0.2, 0.25) is 0 Å². The third-order valence-electron chi connectivity index (χ3n) is 4.87. The van der Waals surface area contributed by atoms with Gasteiger partial charge in [0.1, 0.15) is 52.3 Å². The minimum atomic E-state index is -1.18. The van der Waals surface area contributed by atoms with E-state index in [-0.39, 0.29) is 28.0 Å². The molecule has 7 heteroatoms. The van der Waals surface area contributed by atoms with Crippen LogP contribution in [0.5, 0.6) is 17.2 Å². The molecule has 2 aromatic carbocycles. The Kier molecular flexibility index (Phi) is 3.69. The molecule has 140 valence electrons. The Morgan fingerprint density at radius 1 is 1.07 bits per heavy atom. The summed E-state index contributed by atoms with van der Waals surface area (Å²) < 4.78 is 11.1. The van der Waals surface area contributed by atoms with Crippen LogP contribution in [0.3, 0.4) is 0 Å². The molecule has 1 aromatic heterocycles. The molecule has 0 bridgehead atoms. The van der Waals surface area contributed by atoms with Crippen molar-refractivity contribution in [1.82, 2.24) is 0 Å². The van der Waals surface area contributed by atoms with Crippen molar-refractivity contribution in [3.8, 4) is 28.4 Å². The molecule has 0 spiro atoms. The zero-order valence-corrected chi connectivity index (χ0v) is 14.6. The Labute approximate surface area is 153 Å². The van der Waals surface area contributed by atoms with E-state index in [4.69, 9.17) is 9.15 Å². The molecule has 0 fully saturated rings. The molecule has 2 atom stereocenters. The highest BCUT2D eigenvalue weighted by Gasteiger charge is 2.42. The summed E-state index contributed by atoms with van der Waals surface area (Å²) in [6, 6.07) is 7.10. The molecule has 4 rings (SSSR count). The van der Waals surface area contributed by atoms with Crippen molar-refractivity contribution in [3.63, 3.8) is 0 Å². The van der Waals surface area contributed by atoms with E-state index >= 15 is 0 Å². The van der Waals surface area contributed by atoms with Gasteiger partial charge in [0.15, 0.2) is 0 Å². The number of aliphatic hydroxyl groups excluding tert-OH is 2. The molecule has 0 saturated carbocycles. The molecule has 7 nitrogen and oxygen atoms in total. The Morgan fingerprint density at radius 2 is 1.81 bits per heavy atom. The average Bonchev–Trinajstić information content (AvgIpc) is 2.59. The summed E-state index contributed by atoms with van der Waals surface area (Å²) in [5.74, 6) is -0.194. The minimum Gasteiger partial charge on any atom is -0.508 e. The molecule has 4 N–H and O–H groups in total. The summed E-state index contributed by atoms with van der Waals surface area (Å²) in [6.07, 6.45) is -1.09. The number of rotatable bonds is 1. The number of phenolic OH excluding ortho intramolecular Hbond substituents is 2. The number of aromatic hydroxyl groups is 2. The van der Waals surface area contributed by atoms with Gasteiger partial charge in [-0.25, -0.2) is 0 Å². The van der Waals surface area contributed by atoms with Gasteiger partial charge >= 0.3 is 0 Å². The maximum atomic E-state index is 12.8. The first-order valence-corrected chi connectivity index (χ1v) is 8.36. The number of hydrogen-bond acceptors (Lipinski definition) is 7. The zero-order chi connectivity index (χ0) is 19.5. The Hall–Kier alpha value is -3.03. The lowest BCUT2D eigenvalue weighted by molar-refractivity contribution is -0.111. The maximum absolute atomic E-state index is 12.8. The standard InChI is InChI=1S/C20H18O7/c1-20(2)19(25)18(24)11-5-9(3-4-14(11)27-20)12-8-26-15-7-10(21)6-13(22)16(15)17(12)23/h3-8,18-19,21-22,24-25H,1-2H3/t18-,19+/m1/s1. The van der Waals surface area contributed by atoms with Crippen molar-refractivity contribution < 1.29 is 29.6 Å². The Balaban J connectivity index is 1.89. The quantitative estimate of drug-likeness (QED) is 0.519. The summed E-state index contributed by atoms with van der Waals surface area (Å²) in [6.45, 7) is 3.35. The zero-order valence-electron chi connectivity index (χ0n) is 14.6. The molecule has 27 heavy (non-hydrogen) atoms. The van der Waals surface area contributed by atoms with Gasteiger partial charge in [-0.2, -0.15) is 0 Å². The fourth-order valence-corrected chi connectivity index (χ4v) is 3.35. The van der Waals surface area contributed by atoms with E-state index in [2.05, 4.69) is 0 Å². The van der Waals surface area contributed by atoms with E-state index < -0.39 is 23.2 Å². The van der Waals surface area contributed by atoms with E-state index in [9.17, 15) is 25.2 Å².